The zero-order valence-electron chi connectivity index (χ0n) is 13.3. The number of carbonyl (C=O) groups excluding carboxylic acids is 1. The van der Waals surface area contributed by atoms with Crippen molar-refractivity contribution < 1.29 is 4.79 Å². The summed E-state index contributed by atoms with van der Waals surface area (Å²) < 4.78 is 4.59. The number of nitrogens with zero attached hydrogens (tertiary/aromatic N) is 4. The summed E-state index contributed by atoms with van der Waals surface area (Å²) in [6, 6.07) is 9.83. The minimum absolute atomic E-state index is 0.0549. The summed E-state index contributed by atoms with van der Waals surface area (Å²) in [5.74, 6) is 0.639. The van der Waals surface area contributed by atoms with Crippen LogP contribution in [0, 0.1) is 6.92 Å². The predicted octanol–water partition coefficient (Wildman–Crippen LogP) is 3.23. The zero-order chi connectivity index (χ0) is 16.9. The summed E-state index contributed by atoms with van der Waals surface area (Å²) in [6.07, 6.45) is 5.76. The van der Waals surface area contributed by atoms with Crippen LogP contribution in [0.2, 0.25) is 0 Å². The molecule has 1 amide bonds. The van der Waals surface area contributed by atoms with Crippen molar-refractivity contribution in [2.45, 2.75) is 26.4 Å². The van der Waals surface area contributed by atoms with Crippen molar-refractivity contribution in [1.82, 2.24) is 19.6 Å². The normalized spacial score (nSPS) is 10.8. The van der Waals surface area contributed by atoms with Gasteiger partial charge in [0.15, 0.2) is 0 Å². The molecule has 3 aromatic rings. The third-order valence-electron chi connectivity index (χ3n) is 3.56. The fourth-order valence-corrected chi connectivity index (χ4v) is 2.60. The maximum atomic E-state index is 12.1. The highest BCUT2D eigenvalue weighted by Crippen LogP contribution is 2.14. The smallest absolute Gasteiger partial charge is 0.227 e. The van der Waals surface area contributed by atoms with E-state index in [9.17, 15) is 4.79 Å². The number of benzene rings is 1. The van der Waals surface area contributed by atoms with Gasteiger partial charge in [0.1, 0.15) is 5.82 Å². The lowest BCUT2D eigenvalue weighted by atomic mass is 10.2. The highest BCUT2D eigenvalue weighted by Gasteiger charge is 2.08. The van der Waals surface area contributed by atoms with Crippen molar-refractivity contribution in [2.24, 2.45) is 0 Å². The Morgan fingerprint density at radius 2 is 2.00 bits per heavy atom. The van der Waals surface area contributed by atoms with Gasteiger partial charge in [-0.2, -0.15) is 10.2 Å². The second kappa shape index (κ2) is 7.44. The maximum absolute atomic E-state index is 12.1. The Morgan fingerprint density at radius 3 is 2.71 bits per heavy atom. The van der Waals surface area contributed by atoms with Crippen molar-refractivity contribution in [1.29, 1.82) is 0 Å². The quantitative estimate of drug-likeness (QED) is 0.705. The molecule has 0 unspecified atom stereocenters. The number of amides is 1. The molecular weight excluding hydrogens is 370 g/mol. The Bertz CT molecular complexity index is 822. The zero-order valence-corrected chi connectivity index (χ0v) is 14.9. The second-order valence-corrected chi connectivity index (χ2v) is 6.50. The van der Waals surface area contributed by atoms with Crippen LogP contribution in [-0.2, 0) is 17.9 Å². The van der Waals surface area contributed by atoms with E-state index in [1.54, 1.807) is 27.8 Å². The van der Waals surface area contributed by atoms with E-state index < -0.39 is 0 Å². The molecule has 124 valence electrons. The number of hydrogen-bond acceptors (Lipinski definition) is 3. The first kappa shape index (κ1) is 16.4. The minimum atomic E-state index is -0.0549. The number of aromatic nitrogens is 4. The molecule has 0 saturated carbocycles. The first-order valence-corrected chi connectivity index (χ1v) is 8.44. The topological polar surface area (TPSA) is 64.7 Å². The van der Waals surface area contributed by atoms with Crippen LogP contribution in [0.5, 0.6) is 0 Å². The molecule has 24 heavy (non-hydrogen) atoms. The molecule has 0 aliphatic rings. The van der Waals surface area contributed by atoms with Crippen LogP contribution in [-0.4, -0.2) is 25.5 Å². The van der Waals surface area contributed by atoms with E-state index in [1.165, 1.54) is 0 Å². The van der Waals surface area contributed by atoms with Crippen molar-refractivity contribution in [2.75, 3.05) is 5.32 Å². The van der Waals surface area contributed by atoms with Gasteiger partial charge in [-0.05, 0) is 30.2 Å². The van der Waals surface area contributed by atoms with Crippen LogP contribution >= 0.6 is 15.9 Å². The van der Waals surface area contributed by atoms with Gasteiger partial charge in [0.25, 0.3) is 0 Å². The lowest BCUT2D eigenvalue weighted by Gasteiger charge is -2.09. The largest absolute Gasteiger partial charge is 0.311 e. The number of aryl methyl sites for hydroxylation is 2. The second-order valence-electron chi connectivity index (χ2n) is 5.58. The van der Waals surface area contributed by atoms with Gasteiger partial charge >= 0.3 is 0 Å². The number of anilines is 1. The van der Waals surface area contributed by atoms with Gasteiger partial charge in [-0.1, -0.05) is 28.1 Å². The van der Waals surface area contributed by atoms with Gasteiger partial charge in [0, 0.05) is 29.7 Å². The molecule has 3 rings (SSSR count). The fraction of sp³-hybridized carbons (Fsp3) is 0.235. The van der Waals surface area contributed by atoms with Crippen LogP contribution in [0.4, 0.5) is 5.82 Å². The number of nitrogens with one attached hydrogen (secondary N) is 1. The molecule has 0 bridgehead atoms. The molecule has 1 aromatic carbocycles. The van der Waals surface area contributed by atoms with E-state index in [1.807, 2.05) is 37.4 Å². The summed E-state index contributed by atoms with van der Waals surface area (Å²) in [6.45, 7) is 3.14. The molecule has 2 aromatic heterocycles. The van der Waals surface area contributed by atoms with E-state index in [0.29, 0.717) is 25.3 Å². The van der Waals surface area contributed by atoms with Crippen molar-refractivity contribution in [3.63, 3.8) is 0 Å². The third kappa shape index (κ3) is 4.32. The van der Waals surface area contributed by atoms with Crippen LogP contribution in [0.1, 0.15) is 17.5 Å². The lowest BCUT2D eigenvalue weighted by molar-refractivity contribution is -0.116. The molecule has 2 heterocycles. The Morgan fingerprint density at radius 1 is 1.21 bits per heavy atom. The Balaban J connectivity index is 1.58. The average Bonchev–Trinajstić information content (AvgIpc) is 3.17. The molecule has 0 aliphatic carbocycles. The van der Waals surface area contributed by atoms with Crippen molar-refractivity contribution in [3.8, 4) is 0 Å². The summed E-state index contributed by atoms with van der Waals surface area (Å²) >= 11 is 3.42. The van der Waals surface area contributed by atoms with E-state index in [2.05, 4.69) is 31.4 Å². The monoisotopic (exact) mass is 387 g/mol. The molecule has 6 nitrogen and oxygen atoms in total. The molecule has 0 spiro atoms. The van der Waals surface area contributed by atoms with Gasteiger partial charge in [-0.3, -0.25) is 9.48 Å². The molecule has 7 heteroatoms. The SMILES string of the molecule is Cc1cnn(CCC(=O)Nc2ccnn2Cc2ccc(Br)cc2)c1. The van der Waals surface area contributed by atoms with Crippen molar-refractivity contribution in [3.05, 3.63) is 64.5 Å². The summed E-state index contributed by atoms with van der Waals surface area (Å²) in [5.41, 5.74) is 2.20. The summed E-state index contributed by atoms with van der Waals surface area (Å²) in [7, 11) is 0. The van der Waals surface area contributed by atoms with Crippen molar-refractivity contribution >= 4 is 27.7 Å². The highest BCUT2D eigenvalue weighted by atomic mass is 79.9. The van der Waals surface area contributed by atoms with Crippen LogP contribution in [0.25, 0.3) is 0 Å². The number of rotatable bonds is 6. The van der Waals surface area contributed by atoms with E-state index in [-0.39, 0.29) is 5.91 Å². The van der Waals surface area contributed by atoms with E-state index in [4.69, 9.17) is 0 Å². The van der Waals surface area contributed by atoms with Crippen LogP contribution in [0.3, 0.4) is 0 Å². The average molecular weight is 388 g/mol. The first-order chi connectivity index (χ1) is 11.6. The number of carbonyl (C=O) groups is 1. The van der Waals surface area contributed by atoms with Crippen LogP contribution < -0.4 is 5.32 Å². The van der Waals surface area contributed by atoms with E-state index in [0.717, 1.165) is 15.6 Å². The Labute approximate surface area is 148 Å². The molecule has 0 radical (unpaired) electrons. The van der Waals surface area contributed by atoms with Gasteiger partial charge < -0.3 is 5.32 Å². The van der Waals surface area contributed by atoms with E-state index >= 15 is 0 Å². The molecule has 0 fully saturated rings. The summed E-state index contributed by atoms with van der Waals surface area (Å²) in [4.78, 5) is 12.1. The molecular formula is C17H18BrN5O. The predicted molar refractivity (Wildman–Crippen MR) is 95.7 cm³/mol. The van der Waals surface area contributed by atoms with Gasteiger partial charge in [-0.15, -0.1) is 0 Å². The standard InChI is InChI=1S/C17H18BrN5O/c1-13-10-20-22(11-13)9-7-17(24)21-16-6-8-19-23(16)12-14-2-4-15(18)5-3-14/h2-6,8,10-11H,7,9,12H2,1H3,(H,21,24). The number of hydrogen-bond donors (Lipinski definition) is 1. The Kier molecular flexibility index (Phi) is 5.10. The third-order valence-corrected chi connectivity index (χ3v) is 4.09. The molecule has 0 aliphatic heterocycles. The van der Waals surface area contributed by atoms with Gasteiger partial charge in [-0.25, -0.2) is 4.68 Å². The first-order valence-electron chi connectivity index (χ1n) is 7.65. The molecule has 0 saturated heterocycles. The lowest BCUT2D eigenvalue weighted by Crippen LogP contribution is -2.18. The molecule has 1 N–H and O–H groups in total. The maximum Gasteiger partial charge on any atom is 0.227 e. The molecule has 0 atom stereocenters. The van der Waals surface area contributed by atoms with Gasteiger partial charge in [0.05, 0.1) is 18.9 Å². The van der Waals surface area contributed by atoms with Gasteiger partial charge in [0.2, 0.25) is 5.91 Å². The highest BCUT2D eigenvalue weighted by molar-refractivity contribution is 9.10. The van der Waals surface area contributed by atoms with Crippen LogP contribution in [0.15, 0.2) is 53.4 Å². The fourth-order valence-electron chi connectivity index (χ4n) is 2.34. The number of halogens is 1. The summed E-state index contributed by atoms with van der Waals surface area (Å²) in [5, 5.41) is 11.4. The Hall–Kier alpha value is -2.41. The minimum Gasteiger partial charge on any atom is -0.311 e.